The van der Waals surface area contributed by atoms with Crippen molar-refractivity contribution in [2.24, 2.45) is 7.05 Å². The predicted octanol–water partition coefficient (Wildman–Crippen LogP) is 3.57. The Bertz CT molecular complexity index is 1210. The fourth-order valence-electron chi connectivity index (χ4n) is 4.25. The van der Waals surface area contributed by atoms with E-state index in [1.807, 2.05) is 55.5 Å². The van der Waals surface area contributed by atoms with Gasteiger partial charge in [0.05, 0.1) is 13.2 Å². The summed E-state index contributed by atoms with van der Waals surface area (Å²) < 4.78 is 6.76. The molecule has 3 aromatic rings. The third-order valence-corrected chi connectivity index (χ3v) is 6.22. The quantitative estimate of drug-likeness (QED) is 0.545. The summed E-state index contributed by atoms with van der Waals surface area (Å²) in [7, 11) is 1.64. The molecule has 33 heavy (non-hydrogen) atoms. The summed E-state index contributed by atoms with van der Waals surface area (Å²) in [6.07, 6.45) is 1.85. The highest BCUT2D eigenvalue weighted by atomic mass is 16.5. The lowest BCUT2D eigenvalue weighted by Gasteiger charge is -2.27. The largest absolute Gasteiger partial charge is 0.378 e. The molecule has 1 atom stereocenters. The van der Waals surface area contributed by atoms with Crippen molar-refractivity contribution in [2.45, 2.75) is 19.3 Å². The van der Waals surface area contributed by atoms with Gasteiger partial charge in [-0.3, -0.25) is 14.4 Å². The number of benzene rings is 2. The van der Waals surface area contributed by atoms with Crippen molar-refractivity contribution < 1.29 is 14.3 Å². The van der Waals surface area contributed by atoms with Crippen LogP contribution in [0.25, 0.3) is 0 Å². The Labute approximate surface area is 193 Å². The number of ketones is 1. The molecule has 6 heteroatoms. The number of carbonyl (C=O) groups is 2. The van der Waals surface area contributed by atoms with E-state index >= 15 is 0 Å². The third kappa shape index (κ3) is 5.12. The molecular formula is C27H28N2O4. The smallest absolute Gasteiger partial charge is 0.254 e. The number of amides is 1. The summed E-state index contributed by atoms with van der Waals surface area (Å²) in [5, 5.41) is 0. The zero-order chi connectivity index (χ0) is 23.4. The Kier molecular flexibility index (Phi) is 6.84. The number of ether oxygens (including phenoxy) is 1. The van der Waals surface area contributed by atoms with E-state index in [2.05, 4.69) is 0 Å². The van der Waals surface area contributed by atoms with E-state index in [-0.39, 0.29) is 29.6 Å². The number of nitrogens with zero attached hydrogens (tertiary/aromatic N) is 2. The van der Waals surface area contributed by atoms with Crippen molar-refractivity contribution >= 4 is 11.7 Å². The van der Waals surface area contributed by atoms with Gasteiger partial charge in [0, 0.05) is 55.9 Å². The van der Waals surface area contributed by atoms with E-state index in [4.69, 9.17) is 4.74 Å². The van der Waals surface area contributed by atoms with Crippen molar-refractivity contribution in [1.82, 2.24) is 9.47 Å². The van der Waals surface area contributed by atoms with E-state index < -0.39 is 0 Å². The van der Waals surface area contributed by atoms with Crippen LogP contribution in [0, 0.1) is 6.92 Å². The molecule has 0 radical (unpaired) electrons. The zero-order valence-corrected chi connectivity index (χ0v) is 19.0. The molecule has 2 heterocycles. The third-order valence-electron chi connectivity index (χ3n) is 6.22. The Balaban J connectivity index is 1.63. The van der Waals surface area contributed by atoms with Gasteiger partial charge in [0.2, 0.25) is 5.56 Å². The van der Waals surface area contributed by atoms with Crippen LogP contribution >= 0.6 is 0 Å². The van der Waals surface area contributed by atoms with Crippen LogP contribution in [0.4, 0.5) is 0 Å². The van der Waals surface area contributed by atoms with Crippen molar-refractivity contribution in [3.8, 4) is 0 Å². The van der Waals surface area contributed by atoms with Crippen molar-refractivity contribution in [3.63, 3.8) is 0 Å². The van der Waals surface area contributed by atoms with Crippen molar-refractivity contribution in [1.29, 1.82) is 0 Å². The fraction of sp³-hybridized carbons (Fsp3) is 0.296. The molecular weight excluding hydrogens is 416 g/mol. The molecule has 1 unspecified atom stereocenters. The summed E-state index contributed by atoms with van der Waals surface area (Å²) >= 11 is 0. The molecule has 1 aliphatic rings. The van der Waals surface area contributed by atoms with Crippen LogP contribution in [0.3, 0.4) is 0 Å². The number of carbonyl (C=O) groups excluding carboxylic acids is 2. The maximum atomic E-state index is 13.2. The standard InChI is InChI=1S/C27H28N2O4/c1-19-5-3-4-6-23(19)24(17-25(30)22-11-12-26(31)28(2)18-22)20-7-9-21(10-8-20)27(32)29-13-15-33-16-14-29/h3-12,18,24H,13-17H2,1-2H3. The molecule has 0 N–H and O–H groups in total. The summed E-state index contributed by atoms with van der Waals surface area (Å²) in [5.74, 6) is -0.200. The number of aromatic nitrogens is 1. The highest BCUT2D eigenvalue weighted by molar-refractivity contribution is 5.97. The van der Waals surface area contributed by atoms with Crippen LogP contribution in [0.5, 0.6) is 0 Å². The second-order valence-electron chi connectivity index (χ2n) is 8.43. The van der Waals surface area contributed by atoms with Gasteiger partial charge in [0.1, 0.15) is 0 Å². The Morgan fingerprint density at radius 1 is 0.939 bits per heavy atom. The molecule has 6 nitrogen and oxygen atoms in total. The van der Waals surface area contributed by atoms with Crippen LogP contribution in [0.15, 0.2) is 71.7 Å². The lowest BCUT2D eigenvalue weighted by Crippen LogP contribution is -2.40. The first kappa shape index (κ1) is 22.7. The number of Topliss-reactive ketones (excluding diaryl/α,β-unsaturated/α-hetero) is 1. The number of rotatable bonds is 6. The minimum Gasteiger partial charge on any atom is -0.378 e. The average Bonchev–Trinajstić information content (AvgIpc) is 2.85. The summed E-state index contributed by atoms with van der Waals surface area (Å²) in [6.45, 7) is 4.36. The van der Waals surface area contributed by atoms with Gasteiger partial charge in [-0.15, -0.1) is 0 Å². The van der Waals surface area contributed by atoms with Gasteiger partial charge in [0.25, 0.3) is 5.91 Å². The van der Waals surface area contributed by atoms with Crippen LogP contribution in [-0.2, 0) is 11.8 Å². The molecule has 0 saturated carbocycles. The van der Waals surface area contributed by atoms with Gasteiger partial charge in [0.15, 0.2) is 5.78 Å². The van der Waals surface area contributed by atoms with Crippen molar-refractivity contribution in [3.05, 3.63) is 105 Å². The molecule has 0 spiro atoms. The van der Waals surface area contributed by atoms with Gasteiger partial charge in [-0.2, -0.15) is 0 Å². The molecule has 2 aromatic carbocycles. The number of morpholine rings is 1. The first-order chi connectivity index (χ1) is 15.9. The van der Waals surface area contributed by atoms with E-state index in [0.29, 0.717) is 37.4 Å². The van der Waals surface area contributed by atoms with Crippen LogP contribution in [0.1, 0.15) is 49.7 Å². The molecule has 1 fully saturated rings. The number of hydrogen-bond acceptors (Lipinski definition) is 4. The van der Waals surface area contributed by atoms with E-state index in [1.165, 1.54) is 10.6 Å². The zero-order valence-electron chi connectivity index (χ0n) is 19.0. The lowest BCUT2D eigenvalue weighted by atomic mass is 9.83. The highest BCUT2D eigenvalue weighted by Crippen LogP contribution is 2.32. The first-order valence-electron chi connectivity index (χ1n) is 11.2. The minimum atomic E-state index is -0.163. The van der Waals surface area contributed by atoms with Gasteiger partial charge in [-0.1, -0.05) is 36.4 Å². The molecule has 0 aliphatic carbocycles. The minimum absolute atomic E-state index is 0.00132. The van der Waals surface area contributed by atoms with Gasteiger partial charge >= 0.3 is 0 Å². The summed E-state index contributed by atoms with van der Waals surface area (Å²) in [6, 6.07) is 18.6. The summed E-state index contributed by atoms with van der Waals surface area (Å²) in [4.78, 5) is 39.5. The molecule has 1 amide bonds. The lowest BCUT2D eigenvalue weighted by molar-refractivity contribution is 0.0303. The van der Waals surface area contributed by atoms with Crippen LogP contribution in [-0.4, -0.2) is 47.5 Å². The topological polar surface area (TPSA) is 68.6 Å². The second-order valence-corrected chi connectivity index (χ2v) is 8.43. The molecule has 4 rings (SSSR count). The number of pyridine rings is 1. The van der Waals surface area contributed by atoms with Crippen molar-refractivity contribution in [2.75, 3.05) is 26.3 Å². The highest BCUT2D eigenvalue weighted by Gasteiger charge is 2.23. The molecule has 0 bridgehead atoms. The predicted molar refractivity (Wildman–Crippen MR) is 127 cm³/mol. The number of aryl methyl sites for hydroxylation is 2. The maximum Gasteiger partial charge on any atom is 0.254 e. The Morgan fingerprint density at radius 2 is 1.61 bits per heavy atom. The van der Waals surface area contributed by atoms with Crippen LogP contribution < -0.4 is 5.56 Å². The molecule has 1 aliphatic heterocycles. The van der Waals surface area contributed by atoms with Crippen LogP contribution in [0.2, 0.25) is 0 Å². The van der Waals surface area contributed by atoms with E-state index in [9.17, 15) is 14.4 Å². The second kappa shape index (κ2) is 9.96. The monoisotopic (exact) mass is 444 g/mol. The van der Waals surface area contributed by atoms with E-state index in [0.717, 1.165) is 16.7 Å². The Morgan fingerprint density at radius 3 is 2.27 bits per heavy atom. The normalized spacial score (nSPS) is 14.7. The average molecular weight is 445 g/mol. The van der Waals surface area contributed by atoms with Gasteiger partial charge in [-0.25, -0.2) is 0 Å². The summed E-state index contributed by atoms with van der Waals surface area (Å²) in [5.41, 5.74) is 4.14. The van der Waals surface area contributed by atoms with E-state index in [1.54, 1.807) is 24.2 Å². The Hall–Kier alpha value is -3.51. The van der Waals surface area contributed by atoms with Gasteiger partial charge < -0.3 is 14.2 Å². The molecule has 170 valence electrons. The molecule has 1 saturated heterocycles. The number of hydrogen-bond donors (Lipinski definition) is 0. The van der Waals surface area contributed by atoms with Gasteiger partial charge in [-0.05, 0) is 41.8 Å². The SMILES string of the molecule is Cc1ccccc1C(CC(=O)c1ccc(=O)n(C)c1)c1ccc(C(=O)N2CCOCC2)cc1. The molecule has 1 aromatic heterocycles. The fourth-order valence-corrected chi connectivity index (χ4v) is 4.25. The first-order valence-corrected chi connectivity index (χ1v) is 11.2. The maximum absolute atomic E-state index is 13.2.